The predicted molar refractivity (Wildman–Crippen MR) is 65.1 cm³/mol. The SMILES string of the molecule is FC(F)(F)c1cnc(NCC2(CCl)CC2)c(Cl)c1. The van der Waals surface area contributed by atoms with Gasteiger partial charge in [-0.05, 0) is 18.9 Å². The van der Waals surface area contributed by atoms with E-state index in [4.69, 9.17) is 23.2 Å². The van der Waals surface area contributed by atoms with Gasteiger partial charge in [-0.15, -0.1) is 11.6 Å². The van der Waals surface area contributed by atoms with Gasteiger partial charge >= 0.3 is 6.18 Å². The Morgan fingerprint density at radius 2 is 2.06 bits per heavy atom. The summed E-state index contributed by atoms with van der Waals surface area (Å²) in [6.45, 7) is 0.578. The lowest BCUT2D eigenvalue weighted by molar-refractivity contribution is -0.137. The highest BCUT2D eigenvalue weighted by molar-refractivity contribution is 6.33. The van der Waals surface area contributed by atoms with Crippen molar-refractivity contribution in [3.8, 4) is 0 Å². The summed E-state index contributed by atoms with van der Waals surface area (Å²) >= 11 is 11.6. The van der Waals surface area contributed by atoms with Crippen LogP contribution < -0.4 is 5.32 Å². The standard InChI is InChI=1S/C11H11Cl2F3N2/c12-5-10(1-2-10)6-18-9-8(13)3-7(4-17-9)11(14,15)16/h3-4H,1-2,5-6H2,(H,17,18). The van der Waals surface area contributed by atoms with Gasteiger partial charge in [0.1, 0.15) is 5.82 Å². The van der Waals surface area contributed by atoms with E-state index in [1.165, 1.54) is 0 Å². The van der Waals surface area contributed by atoms with Gasteiger partial charge in [0.05, 0.1) is 10.6 Å². The lowest BCUT2D eigenvalue weighted by atomic mass is 10.1. The van der Waals surface area contributed by atoms with Crippen LogP contribution >= 0.6 is 23.2 Å². The van der Waals surface area contributed by atoms with Crippen LogP contribution in [0.3, 0.4) is 0 Å². The van der Waals surface area contributed by atoms with Gasteiger partial charge in [-0.2, -0.15) is 13.2 Å². The number of hydrogen-bond acceptors (Lipinski definition) is 2. The van der Waals surface area contributed by atoms with Gasteiger partial charge in [-0.1, -0.05) is 11.6 Å². The normalized spacial score (nSPS) is 17.6. The molecule has 0 spiro atoms. The van der Waals surface area contributed by atoms with Gasteiger partial charge in [0.2, 0.25) is 0 Å². The molecule has 1 heterocycles. The Morgan fingerprint density at radius 1 is 1.39 bits per heavy atom. The predicted octanol–water partition coefficient (Wildman–Crippen LogP) is 4.18. The summed E-state index contributed by atoms with van der Waals surface area (Å²) in [5.74, 6) is 0.791. The molecule has 7 heteroatoms. The Bertz CT molecular complexity index is 444. The van der Waals surface area contributed by atoms with Crippen molar-refractivity contribution in [2.24, 2.45) is 5.41 Å². The van der Waals surface area contributed by atoms with E-state index in [0.29, 0.717) is 12.4 Å². The van der Waals surface area contributed by atoms with E-state index in [1.54, 1.807) is 0 Å². The fourth-order valence-electron chi connectivity index (χ4n) is 1.53. The van der Waals surface area contributed by atoms with Crippen molar-refractivity contribution in [2.75, 3.05) is 17.7 Å². The third kappa shape index (κ3) is 3.01. The van der Waals surface area contributed by atoms with Crippen LogP contribution in [0.25, 0.3) is 0 Å². The second kappa shape index (κ2) is 4.78. The zero-order valence-electron chi connectivity index (χ0n) is 9.32. The Kier molecular flexibility index (Phi) is 3.65. The quantitative estimate of drug-likeness (QED) is 0.843. The largest absolute Gasteiger partial charge is 0.417 e. The highest BCUT2D eigenvalue weighted by Gasteiger charge is 2.41. The summed E-state index contributed by atoms with van der Waals surface area (Å²) in [5.41, 5.74) is -0.800. The summed E-state index contributed by atoms with van der Waals surface area (Å²) in [4.78, 5) is 3.70. The number of nitrogens with zero attached hydrogens (tertiary/aromatic N) is 1. The zero-order valence-corrected chi connectivity index (χ0v) is 10.8. The number of pyridine rings is 1. The van der Waals surface area contributed by atoms with Gasteiger partial charge < -0.3 is 5.32 Å². The summed E-state index contributed by atoms with van der Waals surface area (Å²) in [6, 6.07) is 0.872. The minimum Gasteiger partial charge on any atom is -0.368 e. The third-order valence-corrected chi connectivity index (χ3v) is 3.89. The minimum absolute atomic E-state index is 0.0322. The molecule has 0 aliphatic heterocycles. The van der Waals surface area contributed by atoms with E-state index < -0.39 is 11.7 Å². The van der Waals surface area contributed by atoms with E-state index >= 15 is 0 Å². The number of anilines is 1. The number of alkyl halides is 4. The lowest BCUT2D eigenvalue weighted by Gasteiger charge is -2.14. The fourth-order valence-corrected chi connectivity index (χ4v) is 2.12. The molecule has 0 bridgehead atoms. The van der Waals surface area contributed by atoms with Crippen LogP contribution in [0.4, 0.5) is 19.0 Å². The van der Waals surface area contributed by atoms with Crippen molar-refractivity contribution in [1.82, 2.24) is 4.98 Å². The molecular formula is C11H11Cl2F3N2. The Hall–Kier alpha value is -0.680. The number of hydrogen-bond donors (Lipinski definition) is 1. The van der Waals surface area contributed by atoms with Crippen LogP contribution in [0.5, 0.6) is 0 Å². The topological polar surface area (TPSA) is 24.9 Å². The molecule has 1 aromatic heterocycles. The van der Waals surface area contributed by atoms with Gasteiger partial charge in [0.25, 0.3) is 0 Å². The van der Waals surface area contributed by atoms with Crippen LogP contribution in [-0.2, 0) is 6.18 Å². The molecule has 0 aromatic carbocycles. The Morgan fingerprint density at radius 3 is 2.50 bits per heavy atom. The second-order valence-electron chi connectivity index (χ2n) is 4.54. The Balaban J connectivity index is 2.06. The lowest BCUT2D eigenvalue weighted by Crippen LogP contribution is -2.18. The maximum Gasteiger partial charge on any atom is 0.417 e. The molecule has 18 heavy (non-hydrogen) atoms. The van der Waals surface area contributed by atoms with E-state index in [-0.39, 0.29) is 16.3 Å². The second-order valence-corrected chi connectivity index (χ2v) is 5.21. The minimum atomic E-state index is -4.43. The van der Waals surface area contributed by atoms with E-state index in [0.717, 1.165) is 25.1 Å². The van der Waals surface area contributed by atoms with Crippen LogP contribution in [-0.4, -0.2) is 17.4 Å². The van der Waals surface area contributed by atoms with Crippen molar-refractivity contribution >= 4 is 29.0 Å². The average Bonchev–Trinajstić information content (AvgIpc) is 3.07. The summed E-state index contributed by atoms with van der Waals surface area (Å²) in [7, 11) is 0. The smallest absolute Gasteiger partial charge is 0.368 e. The van der Waals surface area contributed by atoms with Crippen molar-refractivity contribution in [2.45, 2.75) is 19.0 Å². The summed E-state index contributed by atoms with van der Waals surface area (Å²) < 4.78 is 37.2. The van der Waals surface area contributed by atoms with E-state index in [2.05, 4.69) is 10.3 Å². The number of rotatable bonds is 4. The van der Waals surface area contributed by atoms with Crippen LogP contribution in [0.15, 0.2) is 12.3 Å². The molecule has 1 aliphatic carbocycles. The molecule has 1 saturated carbocycles. The van der Waals surface area contributed by atoms with Gasteiger partial charge in [0.15, 0.2) is 0 Å². The van der Waals surface area contributed by atoms with E-state index in [9.17, 15) is 13.2 Å². The maximum atomic E-state index is 12.4. The van der Waals surface area contributed by atoms with Crippen molar-refractivity contribution in [3.05, 3.63) is 22.8 Å². The van der Waals surface area contributed by atoms with Crippen molar-refractivity contribution in [1.29, 1.82) is 0 Å². The molecule has 2 nitrogen and oxygen atoms in total. The van der Waals surface area contributed by atoms with E-state index in [1.807, 2.05) is 0 Å². The molecular weight excluding hydrogens is 288 g/mol. The maximum absolute atomic E-state index is 12.4. The van der Waals surface area contributed by atoms with Crippen LogP contribution in [0.2, 0.25) is 5.02 Å². The highest BCUT2D eigenvalue weighted by Crippen LogP contribution is 2.46. The van der Waals surface area contributed by atoms with Crippen molar-refractivity contribution < 1.29 is 13.2 Å². The summed E-state index contributed by atoms with van der Waals surface area (Å²) in [5, 5.41) is 2.92. The molecule has 1 aromatic rings. The van der Waals surface area contributed by atoms with Gasteiger partial charge in [-0.25, -0.2) is 4.98 Å². The first-order chi connectivity index (χ1) is 8.36. The first-order valence-corrected chi connectivity index (χ1v) is 6.30. The monoisotopic (exact) mass is 298 g/mol. The zero-order chi connectivity index (χ0) is 13.4. The molecule has 0 atom stereocenters. The number of nitrogens with one attached hydrogen (secondary N) is 1. The number of aromatic nitrogens is 1. The first kappa shape index (κ1) is 13.7. The molecule has 0 saturated heterocycles. The first-order valence-electron chi connectivity index (χ1n) is 5.39. The third-order valence-electron chi connectivity index (χ3n) is 3.04. The molecule has 0 amide bonds. The fraction of sp³-hybridized carbons (Fsp3) is 0.545. The van der Waals surface area contributed by atoms with Crippen LogP contribution in [0, 0.1) is 5.41 Å². The Labute approximate surface area is 112 Å². The summed E-state index contributed by atoms with van der Waals surface area (Å²) in [6.07, 6.45) is -1.62. The molecule has 100 valence electrons. The molecule has 0 unspecified atom stereocenters. The van der Waals surface area contributed by atoms with Gasteiger partial charge in [-0.3, -0.25) is 0 Å². The molecule has 1 aliphatic rings. The molecule has 1 N–H and O–H groups in total. The average molecular weight is 299 g/mol. The highest BCUT2D eigenvalue weighted by atomic mass is 35.5. The number of halogens is 5. The van der Waals surface area contributed by atoms with Gasteiger partial charge in [0, 0.05) is 24.0 Å². The van der Waals surface area contributed by atoms with Crippen molar-refractivity contribution in [3.63, 3.8) is 0 Å². The van der Waals surface area contributed by atoms with Crippen LogP contribution in [0.1, 0.15) is 18.4 Å². The molecule has 1 fully saturated rings. The molecule has 2 rings (SSSR count). The molecule has 0 radical (unpaired) electrons.